The molecule has 4 aromatic rings. The number of rotatable bonds is 1. The van der Waals surface area contributed by atoms with E-state index in [1.54, 1.807) is 0 Å². The minimum atomic E-state index is 0.604. The molecule has 0 fully saturated rings. The third-order valence-corrected chi connectivity index (χ3v) is 6.21. The Morgan fingerprint density at radius 2 is 1.92 bits per heavy atom. The molecule has 5 rings (SSSR count). The first-order valence-corrected chi connectivity index (χ1v) is 9.52. The molecular weight excluding hydrogens is 336 g/mol. The first kappa shape index (κ1) is 14.3. The van der Waals surface area contributed by atoms with Crippen LogP contribution in [0.3, 0.4) is 0 Å². The van der Waals surface area contributed by atoms with E-state index in [2.05, 4.69) is 22.3 Å². The number of nitrogens with one attached hydrogen (secondary N) is 1. The van der Waals surface area contributed by atoms with Crippen LogP contribution in [-0.4, -0.2) is 19.6 Å². The molecule has 1 N–H and O–H groups in total. The maximum atomic E-state index is 5.50. The van der Waals surface area contributed by atoms with E-state index >= 15 is 0 Å². The molecule has 0 aliphatic heterocycles. The van der Waals surface area contributed by atoms with Crippen molar-refractivity contribution in [3.63, 3.8) is 0 Å². The molecule has 0 radical (unpaired) electrons. The van der Waals surface area contributed by atoms with Gasteiger partial charge >= 0.3 is 0 Å². The summed E-state index contributed by atoms with van der Waals surface area (Å²) in [5.74, 6) is 0.869. The van der Waals surface area contributed by atoms with Gasteiger partial charge in [-0.3, -0.25) is 9.50 Å². The predicted molar refractivity (Wildman–Crippen MR) is 100 cm³/mol. The van der Waals surface area contributed by atoms with Gasteiger partial charge in [-0.15, -0.1) is 11.3 Å². The molecule has 1 aromatic carbocycles. The highest BCUT2D eigenvalue weighted by molar-refractivity contribution is 7.71. The summed E-state index contributed by atoms with van der Waals surface area (Å²) >= 11 is 7.33. The standard InChI is InChI=1S/C18H16N4S2/c23-18-21-20-16-14-12-9-5-2-6-10-13(12)24-17(14)19-15(22(16)18)11-7-3-1-4-8-11/h1,3-4,7-8H,2,5-6,9-10H2,(H,21,23). The lowest BCUT2D eigenvalue weighted by molar-refractivity contribution is 0.713. The van der Waals surface area contributed by atoms with Gasteiger partial charge in [-0.1, -0.05) is 36.8 Å². The quantitative estimate of drug-likeness (QED) is 0.390. The Hall–Kier alpha value is -2.05. The summed E-state index contributed by atoms with van der Waals surface area (Å²) in [5.41, 5.74) is 3.42. The lowest BCUT2D eigenvalue weighted by atomic mass is 10.1. The number of fused-ring (bicyclic) bond motifs is 5. The molecule has 120 valence electrons. The molecule has 1 aliphatic rings. The minimum absolute atomic E-state index is 0.604. The lowest BCUT2D eigenvalue weighted by Crippen LogP contribution is -1.97. The molecule has 6 heteroatoms. The number of aryl methyl sites for hydroxylation is 2. The maximum absolute atomic E-state index is 5.50. The fourth-order valence-corrected chi connectivity index (χ4v) is 5.10. The number of hydrogen-bond acceptors (Lipinski definition) is 4. The SMILES string of the molecule is S=c1[nH]nc2c3c4c(sc3nc(-c3ccccc3)n12)CCCCC4. The van der Waals surface area contributed by atoms with Crippen molar-refractivity contribution in [1.82, 2.24) is 19.6 Å². The van der Waals surface area contributed by atoms with Crippen LogP contribution in [-0.2, 0) is 12.8 Å². The zero-order valence-electron chi connectivity index (χ0n) is 13.1. The van der Waals surface area contributed by atoms with E-state index < -0.39 is 0 Å². The average Bonchev–Trinajstić information content (AvgIpc) is 3.07. The van der Waals surface area contributed by atoms with Crippen LogP contribution in [0.1, 0.15) is 29.7 Å². The molecule has 0 bridgehead atoms. The van der Waals surface area contributed by atoms with Gasteiger partial charge in [-0.25, -0.2) is 4.98 Å². The van der Waals surface area contributed by atoms with E-state index in [0.29, 0.717) is 4.77 Å². The highest BCUT2D eigenvalue weighted by Crippen LogP contribution is 2.38. The van der Waals surface area contributed by atoms with Crippen LogP contribution in [0.25, 0.3) is 27.3 Å². The summed E-state index contributed by atoms with van der Waals surface area (Å²) in [6, 6.07) is 10.2. The second-order valence-electron chi connectivity index (χ2n) is 6.23. The molecule has 1 aliphatic carbocycles. The molecule has 0 saturated heterocycles. The number of thiophene rings is 1. The third kappa shape index (κ3) is 2.06. The van der Waals surface area contributed by atoms with Crippen molar-refractivity contribution in [2.75, 3.05) is 0 Å². The van der Waals surface area contributed by atoms with Crippen LogP contribution >= 0.6 is 23.6 Å². The fraction of sp³-hybridized carbons (Fsp3) is 0.278. The molecule has 0 unspecified atom stereocenters. The van der Waals surface area contributed by atoms with Crippen LogP contribution < -0.4 is 0 Å². The van der Waals surface area contributed by atoms with Gasteiger partial charge in [0.05, 0.1) is 5.39 Å². The van der Waals surface area contributed by atoms with Gasteiger partial charge in [-0.2, -0.15) is 5.10 Å². The van der Waals surface area contributed by atoms with Crippen LogP contribution in [0, 0.1) is 4.77 Å². The van der Waals surface area contributed by atoms with Gasteiger partial charge in [0.2, 0.25) is 4.77 Å². The van der Waals surface area contributed by atoms with Crippen molar-refractivity contribution in [3.05, 3.63) is 45.5 Å². The predicted octanol–water partition coefficient (Wildman–Crippen LogP) is 4.94. The average molecular weight is 352 g/mol. The van der Waals surface area contributed by atoms with E-state index in [1.165, 1.54) is 35.1 Å². The molecule has 0 amide bonds. The summed E-state index contributed by atoms with van der Waals surface area (Å²) in [6.45, 7) is 0. The first-order valence-electron chi connectivity index (χ1n) is 8.30. The zero-order chi connectivity index (χ0) is 16.1. The van der Waals surface area contributed by atoms with Crippen molar-refractivity contribution < 1.29 is 0 Å². The molecule has 0 atom stereocenters. The molecule has 3 aromatic heterocycles. The molecule has 24 heavy (non-hydrogen) atoms. The summed E-state index contributed by atoms with van der Waals surface area (Å²) in [7, 11) is 0. The first-order chi connectivity index (χ1) is 11.8. The Labute approximate surface area is 148 Å². The Balaban J connectivity index is 1.92. The molecule has 4 nitrogen and oxygen atoms in total. The number of hydrogen-bond donors (Lipinski definition) is 1. The van der Waals surface area contributed by atoms with Crippen LogP contribution in [0.15, 0.2) is 30.3 Å². The van der Waals surface area contributed by atoms with Gasteiger partial charge in [0.15, 0.2) is 5.65 Å². The number of H-pyrrole nitrogens is 1. The van der Waals surface area contributed by atoms with E-state index in [1.807, 2.05) is 33.9 Å². The highest BCUT2D eigenvalue weighted by Gasteiger charge is 2.21. The van der Waals surface area contributed by atoms with Crippen molar-refractivity contribution in [3.8, 4) is 11.4 Å². The second-order valence-corrected chi connectivity index (χ2v) is 7.70. The minimum Gasteiger partial charge on any atom is -0.251 e. The molecule has 3 heterocycles. The van der Waals surface area contributed by atoms with Gasteiger partial charge in [0.1, 0.15) is 10.7 Å². The Kier molecular flexibility index (Phi) is 3.28. The van der Waals surface area contributed by atoms with Gasteiger partial charge in [0, 0.05) is 10.4 Å². The van der Waals surface area contributed by atoms with Crippen molar-refractivity contribution in [1.29, 1.82) is 0 Å². The summed E-state index contributed by atoms with van der Waals surface area (Å²) in [6.07, 6.45) is 6.11. The number of nitrogens with zero attached hydrogens (tertiary/aromatic N) is 3. The van der Waals surface area contributed by atoms with Gasteiger partial charge in [0.25, 0.3) is 0 Å². The summed E-state index contributed by atoms with van der Waals surface area (Å²) < 4.78 is 2.59. The lowest BCUT2D eigenvalue weighted by Gasteiger charge is -2.06. The van der Waals surface area contributed by atoms with Crippen molar-refractivity contribution in [2.24, 2.45) is 0 Å². The smallest absolute Gasteiger partial charge is 0.201 e. The topological polar surface area (TPSA) is 46.0 Å². The van der Waals surface area contributed by atoms with Crippen LogP contribution in [0.4, 0.5) is 0 Å². The van der Waals surface area contributed by atoms with E-state index in [4.69, 9.17) is 17.2 Å². The fourth-order valence-electron chi connectivity index (χ4n) is 3.63. The zero-order valence-corrected chi connectivity index (χ0v) is 14.7. The number of aromatic amines is 1. The number of benzene rings is 1. The largest absolute Gasteiger partial charge is 0.251 e. The van der Waals surface area contributed by atoms with Gasteiger partial charge < -0.3 is 0 Å². The summed E-state index contributed by atoms with van der Waals surface area (Å²) in [4.78, 5) is 7.56. The normalized spacial score (nSPS) is 14.8. The van der Waals surface area contributed by atoms with E-state index in [9.17, 15) is 0 Å². The Bertz CT molecular complexity index is 1100. The summed E-state index contributed by atoms with van der Waals surface area (Å²) in [5, 5.41) is 8.73. The van der Waals surface area contributed by atoms with Gasteiger partial charge in [-0.05, 0) is 43.5 Å². The van der Waals surface area contributed by atoms with Crippen molar-refractivity contribution >= 4 is 39.4 Å². The number of aromatic nitrogens is 4. The molecule has 0 spiro atoms. The van der Waals surface area contributed by atoms with Crippen LogP contribution in [0.5, 0.6) is 0 Å². The molecule has 0 saturated carbocycles. The highest BCUT2D eigenvalue weighted by atomic mass is 32.1. The molecular formula is C18H16N4S2. The Morgan fingerprint density at radius 1 is 1.08 bits per heavy atom. The van der Waals surface area contributed by atoms with Crippen molar-refractivity contribution in [2.45, 2.75) is 32.1 Å². The monoisotopic (exact) mass is 352 g/mol. The Morgan fingerprint density at radius 3 is 2.79 bits per heavy atom. The van der Waals surface area contributed by atoms with Crippen LogP contribution in [0.2, 0.25) is 0 Å². The second kappa shape index (κ2) is 5.50. The van der Waals surface area contributed by atoms with E-state index in [-0.39, 0.29) is 0 Å². The van der Waals surface area contributed by atoms with E-state index in [0.717, 1.165) is 34.7 Å². The maximum Gasteiger partial charge on any atom is 0.201 e. The third-order valence-electron chi connectivity index (χ3n) is 4.75.